The highest BCUT2D eigenvalue weighted by molar-refractivity contribution is 8.13. The molecule has 0 aromatic heterocycles. The number of nitrogens with one attached hydrogen (secondary N) is 1. The fraction of sp³-hybridized carbons (Fsp3) is 0.769. The Balaban J connectivity index is 1.68. The summed E-state index contributed by atoms with van der Waals surface area (Å²) in [7, 11) is 0. The highest BCUT2D eigenvalue weighted by Gasteiger charge is 2.35. The van der Waals surface area contributed by atoms with Crippen LogP contribution in [0.5, 0.6) is 0 Å². The molecule has 2 fully saturated rings. The van der Waals surface area contributed by atoms with E-state index < -0.39 is 5.97 Å². The Hall–Kier alpha value is -1.28. The molecule has 21 heavy (non-hydrogen) atoms. The normalized spacial score (nSPS) is 25.0. The number of thioether (sulfide) groups is 1. The molecule has 0 spiro atoms. The Labute approximate surface area is 128 Å². The lowest BCUT2D eigenvalue weighted by atomic mass is 9.85. The molecule has 2 amide bonds. The average molecular weight is 315 g/mol. The summed E-state index contributed by atoms with van der Waals surface area (Å²) in [5.74, 6) is -0.205. The third kappa shape index (κ3) is 4.34. The van der Waals surface area contributed by atoms with E-state index in [1.807, 2.05) is 11.8 Å². The van der Waals surface area contributed by atoms with Gasteiger partial charge in [0.25, 0.3) is 5.24 Å². The summed E-state index contributed by atoms with van der Waals surface area (Å²) >= 11 is 1.24. The van der Waals surface area contributed by atoms with Crippen LogP contribution in [0.25, 0.3) is 0 Å². The van der Waals surface area contributed by atoms with Gasteiger partial charge in [0.2, 0.25) is 5.91 Å². The molecule has 0 aromatic carbocycles. The summed E-state index contributed by atoms with van der Waals surface area (Å²) in [6.07, 6.45) is 1.55. The van der Waals surface area contributed by atoms with E-state index in [2.05, 4.69) is 5.32 Å². The van der Waals surface area contributed by atoms with E-state index in [9.17, 15) is 14.4 Å². The first-order valence-corrected chi connectivity index (χ1v) is 8.15. The number of aliphatic carboxylic acids is 1. The van der Waals surface area contributed by atoms with Crippen molar-refractivity contribution in [1.29, 1.82) is 0 Å². The zero-order chi connectivity index (χ0) is 15.4. The first kappa shape index (κ1) is 16.1. The van der Waals surface area contributed by atoms with Crippen LogP contribution < -0.4 is 5.32 Å². The summed E-state index contributed by atoms with van der Waals surface area (Å²) in [6.45, 7) is 3.43. The number of carbonyl (C=O) groups excluding carboxylic acids is 2. The second-order valence-corrected chi connectivity index (χ2v) is 6.43. The molecule has 7 nitrogen and oxygen atoms in total. The minimum absolute atomic E-state index is 0.0322. The Morgan fingerprint density at radius 3 is 2.71 bits per heavy atom. The highest BCUT2D eigenvalue weighted by atomic mass is 32.2. The third-order valence-electron chi connectivity index (χ3n) is 3.92. The van der Waals surface area contributed by atoms with E-state index in [4.69, 9.17) is 5.11 Å². The van der Waals surface area contributed by atoms with Crippen molar-refractivity contribution in [2.75, 3.05) is 31.9 Å². The predicted octanol–water partition coefficient (Wildman–Crippen LogP) is 0.209. The second kappa shape index (κ2) is 7.13. The van der Waals surface area contributed by atoms with Crippen molar-refractivity contribution in [2.24, 2.45) is 0 Å². The number of nitrogens with zero attached hydrogens (tertiary/aromatic N) is 2. The number of likely N-dealkylation sites (N-methyl/N-ethyl adjacent to an activating group) is 1. The molecule has 2 aliphatic rings. The molecule has 8 heteroatoms. The lowest BCUT2D eigenvalue weighted by Gasteiger charge is -2.42. The van der Waals surface area contributed by atoms with Crippen molar-refractivity contribution >= 4 is 28.9 Å². The van der Waals surface area contributed by atoms with Gasteiger partial charge in [-0.3, -0.25) is 19.3 Å². The van der Waals surface area contributed by atoms with Gasteiger partial charge in [-0.05, 0) is 19.4 Å². The molecule has 1 heterocycles. The summed E-state index contributed by atoms with van der Waals surface area (Å²) in [4.78, 5) is 37.5. The lowest BCUT2D eigenvalue weighted by molar-refractivity contribution is -0.139. The van der Waals surface area contributed by atoms with Crippen LogP contribution in [-0.4, -0.2) is 76.0 Å². The molecule has 1 aliphatic heterocycles. The quantitative estimate of drug-likeness (QED) is 0.698. The van der Waals surface area contributed by atoms with Crippen LogP contribution in [0.4, 0.5) is 4.79 Å². The standard InChI is InChI=1S/C13H21N3O4S/c1-2-15(8-12(18)19)10-5-9(6-10)14-11(17)7-16-3-4-21-13(16)20/h9-10H,2-8H2,1H3,(H,14,17)(H,18,19). The maximum atomic E-state index is 11.8. The van der Waals surface area contributed by atoms with Crippen molar-refractivity contribution in [2.45, 2.75) is 31.8 Å². The highest BCUT2D eigenvalue weighted by Crippen LogP contribution is 2.25. The Kier molecular flexibility index (Phi) is 5.46. The number of rotatable bonds is 7. The number of hydrogen-bond donors (Lipinski definition) is 2. The zero-order valence-corrected chi connectivity index (χ0v) is 12.9. The van der Waals surface area contributed by atoms with Crippen LogP contribution >= 0.6 is 11.8 Å². The van der Waals surface area contributed by atoms with E-state index in [0.29, 0.717) is 13.1 Å². The number of amides is 2. The monoisotopic (exact) mass is 315 g/mol. The van der Waals surface area contributed by atoms with Gasteiger partial charge < -0.3 is 15.3 Å². The van der Waals surface area contributed by atoms with Gasteiger partial charge in [0.1, 0.15) is 6.54 Å². The number of hydrogen-bond acceptors (Lipinski definition) is 5. The largest absolute Gasteiger partial charge is 0.480 e. The van der Waals surface area contributed by atoms with Gasteiger partial charge in [-0.2, -0.15) is 0 Å². The molecule has 0 aromatic rings. The number of carbonyl (C=O) groups is 3. The molecule has 0 radical (unpaired) electrons. The minimum Gasteiger partial charge on any atom is -0.480 e. The fourth-order valence-electron chi connectivity index (χ4n) is 2.69. The maximum Gasteiger partial charge on any atom is 0.317 e. The maximum absolute atomic E-state index is 11.8. The van der Waals surface area contributed by atoms with Crippen LogP contribution in [0.2, 0.25) is 0 Å². The smallest absolute Gasteiger partial charge is 0.317 e. The van der Waals surface area contributed by atoms with E-state index in [-0.39, 0.29) is 36.3 Å². The average Bonchev–Trinajstić information content (AvgIpc) is 2.76. The molecule has 1 saturated heterocycles. The van der Waals surface area contributed by atoms with E-state index in [1.165, 1.54) is 11.8 Å². The Morgan fingerprint density at radius 2 is 2.19 bits per heavy atom. The van der Waals surface area contributed by atoms with Gasteiger partial charge in [-0.1, -0.05) is 18.7 Å². The molecule has 1 aliphatic carbocycles. The van der Waals surface area contributed by atoms with Crippen LogP contribution in [0.1, 0.15) is 19.8 Å². The van der Waals surface area contributed by atoms with Crippen molar-refractivity contribution in [1.82, 2.24) is 15.1 Å². The lowest BCUT2D eigenvalue weighted by Crippen LogP contribution is -2.55. The molecule has 1 saturated carbocycles. The van der Waals surface area contributed by atoms with Gasteiger partial charge in [-0.15, -0.1) is 0 Å². The van der Waals surface area contributed by atoms with Crippen molar-refractivity contribution < 1.29 is 19.5 Å². The summed E-state index contributed by atoms with van der Waals surface area (Å²) in [5, 5.41) is 11.7. The van der Waals surface area contributed by atoms with Crippen molar-refractivity contribution in [3.8, 4) is 0 Å². The molecular weight excluding hydrogens is 294 g/mol. The van der Waals surface area contributed by atoms with Gasteiger partial charge in [0, 0.05) is 24.4 Å². The van der Waals surface area contributed by atoms with Crippen LogP contribution in [0.15, 0.2) is 0 Å². The molecule has 0 unspecified atom stereocenters. The van der Waals surface area contributed by atoms with Crippen LogP contribution in [0.3, 0.4) is 0 Å². The first-order chi connectivity index (χ1) is 9.99. The zero-order valence-electron chi connectivity index (χ0n) is 12.1. The second-order valence-electron chi connectivity index (χ2n) is 5.38. The number of carboxylic acids is 1. The van der Waals surface area contributed by atoms with E-state index in [0.717, 1.165) is 18.6 Å². The van der Waals surface area contributed by atoms with Crippen molar-refractivity contribution in [3.63, 3.8) is 0 Å². The number of carboxylic acid groups (broad SMARTS) is 1. The summed E-state index contributed by atoms with van der Waals surface area (Å²) < 4.78 is 0. The predicted molar refractivity (Wildman–Crippen MR) is 79.3 cm³/mol. The summed E-state index contributed by atoms with van der Waals surface area (Å²) in [6, 6.07) is 0.316. The summed E-state index contributed by atoms with van der Waals surface area (Å²) in [5.41, 5.74) is 0. The molecule has 2 N–H and O–H groups in total. The minimum atomic E-state index is -0.825. The van der Waals surface area contributed by atoms with E-state index in [1.54, 1.807) is 4.90 Å². The molecule has 0 atom stereocenters. The Morgan fingerprint density at radius 1 is 1.48 bits per heavy atom. The Bertz CT molecular complexity index is 426. The van der Waals surface area contributed by atoms with E-state index >= 15 is 0 Å². The van der Waals surface area contributed by atoms with Crippen LogP contribution in [-0.2, 0) is 9.59 Å². The van der Waals surface area contributed by atoms with Gasteiger partial charge >= 0.3 is 5.97 Å². The fourth-order valence-corrected chi connectivity index (χ4v) is 3.52. The molecular formula is C13H21N3O4S. The van der Waals surface area contributed by atoms with Gasteiger partial charge in [-0.25, -0.2) is 0 Å². The topological polar surface area (TPSA) is 90.0 Å². The first-order valence-electron chi connectivity index (χ1n) is 7.16. The van der Waals surface area contributed by atoms with Crippen molar-refractivity contribution in [3.05, 3.63) is 0 Å². The molecule has 0 bridgehead atoms. The third-order valence-corrected chi connectivity index (χ3v) is 4.81. The van der Waals surface area contributed by atoms with Crippen LogP contribution in [0, 0.1) is 0 Å². The SMILES string of the molecule is CCN(CC(=O)O)C1CC(NC(=O)CN2CCSC2=O)C1. The molecule has 2 rings (SSSR count). The van der Waals surface area contributed by atoms with Gasteiger partial charge in [0.15, 0.2) is 0 Å². The molecule has 118 valence electrons. The van der Waals surface area contributed by atoms with Gasteiger partial charge in [0.05, 0.1) is 6.54 Å².